The molecule has 0 aromatic carbocycles. The average Bonchev–Trinajstić information content (AvgIpc) is 2.25. The van der Waals surface area contributed by atoms with E-state index in [0.29, 0.717) is 12.1 Å². The standard InChI is InChI=1S/C10H18ClNO3/c1-14-10(15-2)8(11)6-4-3-5-7-9(10)12-13/h8,13H,3-7H2,1-2H3/b12-9+. The molecule has 1 fully saturated rings. The first-order valence-corrected chi connectivity index (χ1v) is 5.60. The van der Waals surface area contributed by atoms with Gasteiger partial charge in [0.05, 0.1) is 5.38 Å². The molecule has 4 nitrogen and oxygen atoms in total. The van der Waals surface area contributed by atoms with Crippen LogP contribution >= 0.6 is 11.6 Å². The minimum atomic E-state index is -1.07. The van der Waals surface area contributed by atoms with Gasteiger partial charge in [0.15, 0.2) is 0 Å². The SMILES string of the molecule is COC1(OC)/C(=N/O)CCCCCC1Cl. The maximum absolute atomic E-state index is 8.99. The summed E-state index contributed by atoms with van der Waals surface area (Å²) in [5, 5.41) is 11.9. The largest absolute Gasteiger partial charge is 0.411 e. The number of ether oxygens (including phenoxy) is 2. The summed E-state index contributed by atoms with van der Waals surface area (Å²) in [7, 11) is 3.04. The Labute approximate surface area is 95.2 Å². The molecule has 0 heterocycles. The number of nitrogens with zero attached hydrogens (tertiary/aromatic N) is 1. The zero-order chi connectivity index (χ0) is 11.3. The molecule has 1 unspecified atom stereocenters. The van der Waals surface area contributed by atoms with Gasteiger partial charge in [-0.25, -0.2) is 0 Å². The van der Waals surface area contributed by atoms with Crippen molar-refractivity contribution in [3.63, 3.8) is 0 Å². The topological polar surface area (TPSA) is 51.0 Å². The molecule has 0 amide bonds. The molecule has 0 aromatic heterocycles. The van der Waals surface area contributed by atoms with E-state index in [2.05, 4.69) is 5.16 Å². The lowest BCUT2D eigenvalue weighted by atomic mass is 9.93. The van der Waals surface area contributed by atoms with Crippen LogP contribution in [0.3, 0.4) is 0 Å². The van der Waals surface area contributed by atoms with Crippen molar-refractivity contribution in [1.82, 2.24) is 0 Å². The van der Waals surface area contributed by atoms with Crippen LogP contribution < -0.4 is 0 Å². The highest BCUT2D eigenvalue weighted by molar-refractivity contribution is 6.23. The van der Waals surface area contributed by atoms with Crippen LogP contribution in [0.15, 0.2) is 5.16 Å². The third-order valence-electron chi connectivity index (χ3n) is 2.91. The second kappa shape index (κ2) is 5.68. The van der Waals surface area contributed by atoms with Crippen LogP contribution in [0.1, 0.15) is 32.1 Å². The van der Waals surface area contributed by atoms with Crippen LogP contribution in [0.25, 0.3) is 0 Å². The molecule has 1 saturated carbocycles. The van der Waals surface area contributed by atoms with Gasteiger partial charge in [-0.05, 0) is 19.3 Å². The lowest BCUT2D eigenvalue weighted by Gasteiger charge is -2.36. The Morgan fingerprint density at radius 2 is 2.00 bits per heavy atom. The van der Waals surface area contributed by atoms with E-state index in [1.807, 2.05) is 0 Å². The molecule has 0 saturated heterocycles. The van der Waals surface area contributed by atoms with Crippen molar-refractivity contribution in [2.45, 2.75) is 43.3 Å². The number of oxime groups is 1. The van der Waals surface area contributed by atoms with Crippen LogP contribution in [-0.2, 0) is 9.47 Å². The summed E-state index contributed by atoms with van der Waals surface area (Å²) >= 11 is 6.25. The molecule has 0 aromatic rings. The molecule has 15 heavy (non-hydrogen) atoms. The van der Waals surface area contributed by atoms with E-state index in [1.54, 1.807) is 0 Å². The first kappa shape index (κ1) is 12.7. The van der Waals surface area contributed by atoms with E-state index in [9.17, 15) is 0 Å². The first-order valence-electron chi connectivity index (χ1n) is 5.17. The maximum Gasteiger partial charge on any atom is 0.228 e. The molecule has 0 bridgehead atoms. The van der Waals surface area contributed by atoms with Crippen LogP contribution in [0, 0.1) is 0 Å². The predicted octanol–water partition coefficient (Wildman–Crippen LogP) is 2.38. The molecule has 0 spiro atoms. The van der Waals surface area contributed by atoms with Gasteiger partial charge in [0.25, 0.3) is 0 Å². The van der Waals surface area contributed by atoms with E-state index < -0.39 is 5.79 Å². The Kier molecular flexibility index (Phi) is 4.83. The van der Waals surface area contributed by atoms with Crippen LogP contribution in [0.5, 0.6) is 0 Å². The summed E-state index contributed by atoms with van der Waals surface area (Å²) in [6.07, 6.45) is 4.55. The zero-order valence-electron chi connectivity index (χ0n) is 9.20. The number of hydrogen-bond donors (Lipinski definition) is 1. The molecular weight excluding hydrogens is 218 g/mol. The van der Waals surface area contributed by atoms with Crippen molar-refractivity contribution in [2.75, 3.05) is 14.2 Å². The van der Waals surface area contributed by atoms with Gasteiger partial charge in [-0.2, -0.15) is 0 Å². The van der Waals surface area contributed by atoms with Crippen molar-refractivity contribution in [2.24, 2.45) is 5.16 Å². The smallest absolute Gasteiger partial charge is 0.228 e. The Hall–Kier alpha value is -0.320. The minimum Gasteiger partial charge on any atom is -0.411 e. The maximum atomic E-state index is 8.99. The highest BCUT2D eigenvalue weighted by Gasteiger charge is 2.44. The Morgan fingerprint density at radius 3 is 2.53 bits per heavy atom. The lowest BCUT2D eigenvalue weighted by molar-refractivity contribution is -0.158. The first-order chi connectivity index (χ1) is 7.21. The summed E-state index contributed by atoms with van der Waals surface area (Å²) < 4.78 is 10.7. The molecule has 0 radical (unpaired) electrons. The Balaban J connectivity index is 2.97. The van der Waals surface area contributed by atoms with Crippen LogP contribution in [0.2, 0.25) is 0 Å². The number of halogens is 1. The Morgan fingerprint density at radius 1 is 1.33 bits per heavy atom. The molecule has 1 aliphatic rings. The van der Waals surface area contributed by atoms with E-state index in [-0.39, 0.29) is 5.38 Å². The summed E-state index contributed by atoms with van der Waals surface area (Å²) in [6, 6.07) is 0. The summed E-state index contributed by atoms with van der Waals surface area (Å²) in [6.45, 7) is 0. The fourth-order valence-corrected chi connectivity index (χ4v) is 2.49. The van der Waals surface area contributed by atoms with Gasteiger partial charge in [-0.3, -0.25) is 0 Å². The number of alkyl halides is 1. The van der Waals surface area contributed by atoms with Crippen molar-refractivity contribution >= 4 is 17.3 Å². The molecular formula is C10H18ClNO3. The second-order valence-corrected chi connectivity index (χ2v) is 4.22. The van der Waals surface area contributed by atoms with Gasteiger partial charge in [0, 0.05) is 14.2 Å². The van der Waals surface area contributed by atoms with Crippen LogP contribution in [0.4, 0.5) is 0 Å². The number of methoxy groups -OCH3 is 2. The van der Waals surface area contributed by atoms with Gasteiger partial charge in [0.1, 0.15) is 5.71 Å². The van der Waals surface area contributed by atoms with Crippen molar-refractivity contribution in [3.8, 4) is 0 Å². The normalized spacial score (nSPS) is 29.8. The van der Waals surface area contributed by atoms with Crippen molar-refractivity contribution < 1.29 is 14.7 Å². The van der Waals surface area contributed by atoms with E-state index in [4.69, 9.17) is 26.3 Å². The average molecular weight is 236 g/mol. The zero-order valence-corrected chi connectivity index (χ0v) is 9.96. The van der Waals surface area contributed by atoms with E-state index in [1.165, 1.54) is 14.2 Å². The molecule has 1 rings (SSSR count). The highest BCUT2D eigenvalue weighted by atomic mass is 35.5. The summed E-state index contributed by atoms with van der Waals surface area (Å²) in [4.78, 5) is 0. The summed E-state index contributed by atoms with van der Waals surface area (Å²) in [5.74, 6) is -1.07. The van der Waals surface area contributed by atoms with Gasteiger partial charge >= 0.3 is 0 Å². The molecule has 1 atom stereocenters. The minimum absolute atomic E-state index is 0.321. The number of hydrogen-bond acceptors (Lipinski definition) is 4. The van der Waals surface area contributed by atoms with E-state index >= 15 is 0 Å². The van der Waals surface area contributed by atoms with Gasteiger partial charge in [-0.1, -0.05) is 18.0 Å². The number of rotatable bonds is 2. The fourth-order valence-electron chi connectivity index (χ4n) is 2.03. The molecule has 1 aliphatic carbocycles. The molecule has 1 N–H and O–H groups in total. The van der Waals surface area contributed by atoms with Gasteiger partial charge < -0.3 is 14.7 Å². The monoisotopic (exact) mass is 235 g/mol. The molecule has 5 heteroatoms. The highest BCUT2D eigenvalue weighted by Crippen LogP contribution is 2.32. The Bertz CT molecular complexity index is 229. The van der Waals surface area contributed by atoms with Crippen LogP contribution in [-0.4, -0.2) is 36.3 Å². The summed E-state index contributed by atoms with van der Waals surface area (Å²) in [5.41, 5.74) is 0.479. The second-order valence-electron chi connectivity index (χ2n) is 3.69. The van der Waals surface area contributed by atoms with E-state index in [0.717, 1.165) is 25.7 Å². The van der Waals surface area contributed by atoms with Crippen molar-refractivity contribution in [1.29, 1.82) is 0 Å². The lowest BCUT2D eigenvalue weighted by Crippen LogP contribution is -2.51. The van der Waals surface area contributed by atoms with Gasteiger partial charge in [-0.15, -0.1) is 11.6 Å². The van der Waals surface area contributed by atoms with Gasteiger partial charge in [0.2, 0.25) is 5.79 Å². The fraction of sp³-hybridized carbons (Fsp3) is 0.900. The quantitative estimate of drug-likeness (QED) is 0.346. The third kappa shape index (κ3) is 2.44. The molecule has 0 aliphatic heterocycles. The predicted molar refractivity (Wildman–Crippen MR) is 58.7 cm³/mol. The third-order valence-corrected chi connectivity index (χ3v) is 3.42. The van der Waals surface area contributed by atoms with Crippen molar-refractivity contribution in [3.05, 3.63) is 0 Å². The molecule has 88 valence electrons.